The number of carbonyl (C=O) groups is 2. The van der Waals surface area contributed by atoms with E-state index in [1.807, 2.05) is 0 Å². The van der Waals surface area contributed by atoms with Crippen molar-refractivity contribution < 1.29 is 34.0 Å². The lowest BCUT2D eigenvalue weighted by molar-refractivity contribution is -0.161. The number of hydrogen-bond acceptors (Lipinski definition) is 5. The van der Waals surface area contributed by atoms with E-state index in [1.165, 1.54) is 7.11 Å². The molecule has 2 atom stereocenters. The van der Waals surface area contributed by atoms with Gasteiger partial charge in [0.2, 0.25) is 0 Å². The zero-order valence-corrected chi connectivity index (χ0v) is 10.6. The average Bonchev–Trinajstić information content (AvgIpc) is 2.28. The number of ether oxygens (including phenoxy) is 3. The van der Waals surface area contributed by atoms with Crippen molar-refractivity contribution >= 4 is 11.9 Å². The lowest BCUT2D eigenvalue weighted by Crippen LogP contribution is -2.33. The maximum absolute atomic E-state index is 11.0. The first-order valence-electron chi connectivity index (χ1n) is 5.65. The second kappa shape index (κ2) is 9.81. The van der Waals surface area contributed by atoms with Crippen LogP contribution in [0, 0.1) is 5.92 Å². The van der Waals surface area contributed by atoms with Gasteiger partial charge in [-0.1, -0.05) is 6.92 Å². The van der Waals surface area contributed by atoms with Gasteiger partial charge in [-0.25, -0.2) is 0 Å². The Bertz CT molecular complexity index is 254. The smallest absolute Gasteiger partial charge is 0.309 e. The lowest BCUT2D eigenvalue weighted by atomic mass is 9.97. The molecular formula is C11H20O7. The van der Waals surface area contributed by atoms with Crippen molar-refractivity contribution in [2.45, 2.75) is 25.9 Å². The molecule has 0 bridgehead atoms. The van der Waals surface area contributed by atoms with Crippen LogP contribution in [0.4, 0.5) is 0 Å². The van der Waals surface area contributed by atoms with Crippen molar-refractivity contribution in [2.75, 3.05) is 27.1 Å². The highest BCUT2D eigenvalue weighted by Crippen LogP contribution is 2.16. The summed E-state index contributed by atoms with van der Waals surface area (Å²) >= 11 is 0. The Morgan fingerprint density at radius 2 is 1.89 bits per heavy atom. The van der Waals surface area contributed by atoms with Gasteiger partial charge in [-0.15, -0.1) is 0 Å². The Morgan fingerprint density at radius 3 is 2.33 bits per heavy atom. The predicted molar refractivity (Wildman–Crippen MR) is 61.2 cm³/mol. The molecule has 2 unspecified atom stereocenters. The second-order valence-corrected chi connectivity index (χ2v) is 3.67. The van der Waals surface area contributed by atoms with Crippen molar-refractivity contribution in [3.05, 3.63) is 0 Å². The fourth-order valence-corrected chi connectivity index (χ4v) is 1.42. The van der Waals surface area contributed by atoms with Crippen molar-refractivity contribution in [1.82, 2.24) is 0 Å². The van der Waals surface area contributed by atoms with Gasteiger partial charge in [0.1, 0.15) is 6.79 Å². The van der Waals surface area contributed by atoms with Gasteiger partial charge >= 0.3 is 11.9 Å². The molecule has 2 N–H and O–H groups in total. The average molecular weight is 264 g/mol. The summed E-state index contributed by atoms with van der Waals surface area (Å²) in [5.41, 5.74) is 0. The third-order valence-corrected chi connectivity index (χ3v) is 2.38. The third kappa shape index (κ3) is 7.21. The molecule has 0 fully saturated rings. The fourth-order valence-electron chi connectivity index (χ4n) is 1.42. The molecule has 18 heavy (non-hydrogen) atoms. The van der Waals surface area contributed by atoms with Gasteiger partial charge in [0.25, 0.3) is 0 Å². The first kappa shape index (κ1) is 16.8. The van der Waals surface area contributed by atoms with Gasteiger partial charge < -0.3 is 24.4 Å². The largest absolute Gasteiger partial charge is 0.481 e. The highest BCUT2D eigenvalue weighted by atomic mass is 16.7. The van der Waals surface area contributed by atoms with E-state index in [0.717, 1.165) is 0 Å². The Hall–Kier alpha value is -1.18. The first-order chi connectivity index (χ1) is 8.52. The summed E-state index contributed by atoms with van der Waals surface area (Å²) in [5.74, 6) is -3.02. The summed E-state index contributed by atoms with van der Waals surface area (Å²) in [4.78, 5) is 21.6. The summed E-state index contributed by atoms with van der Waals surface area (Å²) in [7, 11) is 1.52. The Kier molecular flexibility index (Phi) is 9.17. The van der Waals surface area contributed by atoms with Gasteiger partial charge in [-0.05, 0) is 6.42 Å². The standard InChI is InChI=1S/C11H20O7/c1-3-8(11(14)15)9(6-10(12)13)18-7-17-5-4-16-2/h8-9H,3-7H2,1-2H3,(H,12,13)(H,14,15). The third-order valence-electron chi connectivity index (χ3n) is 2.38. The monoisotopic (exact) mass is 264 g/mol. The van der Waals surface area contributed by atoms with E-state index in [4.69, 9.17) is 24.4 Å². The zero-order valence-electron chi connectivity index (χ0n) is 10.6. The summed E-state index contributed by atoms with van der Waals surface area (Å²) in [6.45, 7) is 2.22. The van der Waals surface area contributed by atoms with E-state index >= 15 is 0 Å². The van der Waals surface area contributed by atoms with E-state index in [1.54, 1.807) is 6.92 Å². The van der Waals surface area contributed by atoms with Gasteiger partial charge in [0, 0.05) is 7.11 Å². The van der Waals surface area contributed by atoms with Crippen LogP contribution >= 0.6 is 0 Å². The molecule has 0 spiro atoms. The minimum Gasteiger partial charge on any atom is -0.481 e. The van der Waals surface area contributed by atoms with E-state index in [9.17, 15) is 9.59 Å². The molecule has 0 aliphatic carbocycles. The van der Waals surface area contributed by atoms with E-state index in [0.29, 0.717) is 19.6 Å². The van der Waals surface area contributed by atoms with Crippen LogP contribution in [0.15, 0.2) is 0 Å². The molecule has 0 amide bonds. The summed E-state index contributed by atoms with van der Waals surface area (Å²) in [6.07, 6.45) is -0.961. The molecule has 7 nitrogen and oxygen atoms in total. The number of carboxylic acids is 2. The minimum atomic E-state index is -1.10. The summed E-state index contributed by atoms with van der Waals surface area (Å²) in [6, 6.07) is 0. The quantitative estimate of drug-likeness (QED) is 0.415. The second-order valence-electron chi connectivity index (χ2n) is 3.67. The van der Waals surface area contributed by atoms with Crippen LogP contribution in [0.5, 0.6) is 0 Å². The van der Waals surface area contributed by atoms with E-state index in [-0.39, 0.29) is 13.2 Å². The SMILES string of the molecule is CCC(C(=O)O)C(CC(=O)O)OCOCCOC. The minimum absolute atomic E-state index is 0.148. The van der Waals surface area contributed by atoms with E-state index in [2.05, 4.69) is 0 Å². The van der Waals surface area contributed by atoms with Crippen LogP contribution in [0.2, 0.25) is 0 Å². The number of aliphatic carboxylic acids is 2. The molecule has 0 aromatic rings. The summed E-state index contributed by atoms with van der Waals surface area (Å²) in [5, 5.41) is 17.7. The van der Waals surface area contributed by atoms with Crippen molar-refractivity contribution in [2.24, 2.45) is 5.92 Å². The normalized spacial score (nSPS) is 14.1. The van der Waals surface area contributed by atoms with Crippen LogP contribution < -0.4 is 0 Å². The van der Waals surface area contributed by atoms with Crippen molar-refractivity contribution in [1.29, 1.82) is 0 Å². The molecule has 0 aliphatic rings. The molecule has 0 aromatic heterocycles. The molecule has 0 saturated heterocycles. The number of methoxy groups -OCH3 is 1. The number of rotatable bonds is 11. The molecule has 0 rings (SSSR count). The molecular weight excluding hydrogens is 244 g/mol. The van der Waals surface area contributed by atoms with Gasteiger partial charge in [-0.3, -0.25) is 9.59 Å². The molecule has 7 heteroatoms. The Morgan fingerprint density at radius 1 is 1.22 bits per heavy atom. The van der Waals surface area contributed by atoms with Gasteiger partial charge in [-0.2, -0.15) is 0 Å². The maximum atomic E-state index is 11.0. The van der Waals surface area contributed by atoms with Crippen LogP contribution in [-0.2, 0) is 23.8 Å². The predicted octanol–water partition coefficient (Wildman–Crippen LogP) is 0.578. The van der Waals surface area contributed by atoms with Crippen molar-refractivity contribution in [3.63, 3.8) is 0 Å². The Labute approximate surface area is 106 Å². The Balaban J connectivity index is 4.21. The summed E-state index contributed by atoms with van der Waals surface area (Å²) < 4.78 is 15.0. The molecule has 106 valence electrons. The first-order valence-corrected chi connectivity index (χ1v) is 5.65. The fraction of sp³-hybridized carbons (Fsp3) is 0.818. The molecule has 0 aliphatic heterocycles. The van der Waals surface area contributed by atoms with Gasteiger partial charge in [0.05, 0.1) is 31.7 Å². The topological polar surface area (TPSA) is 102 Å². The van der Waals surface area contributed by atoms with Crippen LogP contribution in [0.3, 0.4) is 0 Å². The highest BCUT2D eigenvalue weighted by molar-refractivity contribution is 5.73. The van der Waals surface area contributed by atoms with Crippen molar-refractivity contribution in [3.8, 4) is 0 Å². The van der Waals surface area contributed by atoms with Crippen LogP contribution in [0.1, 0.15) is 19.8 Å². The lowest BCUT2D eigenvalue weighted by Gasteiger charge is -2.21. The molecule has 0 aromatic carbocycles. The number of carboxylic acid groups (broad SMARTS) is 2. The van der Waals surface area contributed by atoms with Crippen LogP contribution in [0.25, 0.3) is 0 Å². The van der Waals surface area contributed by atoms with Gasteiger partial charge in [0.15, 0.2) is 0 Å². The molecule has 0 saturated carbocycles. The van der Waals surface area contributed by atoms with E-state index < -0.39 is 24.0 Å². The highest BCUT2D eigenvalue weighted by Gasteiger charge is 2.29. The van der Waals surface area contributed by atoms with Crippen LogP contribution in [-0.4, -0.2) is 55.4 Å². The maximum Gasteiger partial charge on any atom is 0.309 e. The molecule has 0 radical (unpaired) electrons. The molecule has 0 heterocycles. The number of hydrogen-bond donors (Lipinski definition) is 2. The zero-order chi connectivity index (χ0) is 14.0.